The van der Waals surface area contributed by atoms with Crippen molar-refractivity contribution in [3.8, 4) is 24.7 Å². The summed E-state index contributed by atoms with van der Waals surface area (Å²) in [4.78, 5) is 0. The Bertz CT molecular complexity index is 809. The van der Waals surface area contributed by atoms with Gasteiger partial charge in [-0.15, -0.1) is 24.6 Å². The smallest absolute Gasteiger partial charge is 0.166 e. The maximum absolute atomic E-state index is 12.9. The van der Waals surface area contributed by atoms with Crippen LogP contribution in [0.1, 0.15) is 32.8 Å². The molecule has 27 heavy (non-hydrogen) atoms. The van der Waals surface area contributed by atoms with Crippen LogP contribution in [0.5, 0.6) is 0 Å². The third-order valence-corrected chi connectivity index (χ3v) is 4.97. The normalized spacial score (nSPS) is 14.1. The highest BCUT2D eigenvalue weighted by Gasteiger charge is 2.32. The van der Waals surface area contributed by atoms with E-state index in [1.54, 1.807) is 0 Å². The van der Waals surface area contributed by atoms with Gasteiger partial charge in [0, 0.05) is 0 Å². The minimum absolute atomic E-state index is 0.199. The Morgan fingerprint density at radius 1 is 0.704 bits per heavy atom. The van der Waals surface area contributed by atoms with Gasteiger partial charge in [0.25, 0.3) is 0 Å². The molecule has 0 aliphatic carbocycles. The Morgan fingerprint density at radius 3 is 1.37 bits per heavy atom. The number of hydrogen-bond acceptors (Lipinski definition) is 1. The molecule has 2 atom stereocenters. The number of alkyl halides is 6. The van der Waals surface area contributed by atoms with Crippen molar-refractivity contribution in [2.75, 3.05) is 0 Å². The average Bonchev–Trinajstić information content (AvgIpc) is 2.61. The van der Waals surface area contributed by atoms with Crippen molar-refractivity contribution in [2.24, 2.45) is 0 Å². The lowest BCUT2D eigenvalue weighted by atomic mass is 10.1. The van der Waals surface area contributed by atoms with Crippen LogP contribution in [0, 0.1) is 24.7 Å². The Balaban J connectivity index is 2.33. The highest BCUT2D eigenvalue weighted by Crippen LogP contribution is 2.42. The lowest BCUT2D eigenvalue weighted by Crippen LogP contribution is -2.07. The number of terminal acetylenes is 2. The van der Waals surface area contributed by atoms with Gasteiger partial charge in [-0.25, -0.2) is 0 Å². The Morgan fingerprint density at radius 2 is 1.07 bits per heavy atom. The third kappa shape index (κ3) is 5.24. The van der Waals surface area contributed by atoms with Crippen LogP contribution >= 0.6 is 11.8 Å². The maximum Gasteiger partial charge on any atom is 0.416 e. The van der Waals surface area contributed by atoms with Gasteiger partial charge in [0.15, 0.2) is 0 Å². The van der Waals surface area contributed by atoms with E-state index < -0.39 is 34.0 Å². The summed E-state index contributed by atoms with van der Waals surface area (Å²) in [6.07, 6.45) is 1.82. The molecule has 0 saturated carbocycles. The van der Waals surface area contributed by atoms with Crippen LogP contribution in [0.2, 0.25) is 0 Å². The lowest BCUT2D eigenvalue weighted by molar-refractivity contribution is -0.138. The van der Waals surface area contributed by atoms with Crippen LogP contribution in [0.15, 0.2) is 48.5 Å². The van der Waals surface area contributed by atoms with E-state index in [4.69, 9.17) is 12.8 Å². The summed E-state index contributed by atoms with van der Waals surface area (Å²) >= 11 is 0.928. The quantitative estimate of drug-likeness (QED) is 0.418. The molecule has 7 heteroatoms. The summed E-state index contributed by atoms with van der Waals surface area (Å²) in [6.45, 7) is 0. The second-order valence-electron chi connectivity index (χ2n) is 5.48. The Kier molecular flexibility index (Phi) is 6.18. The predicted molar refractivity (Wildman–Crippen MR) is 93.6 cm³/mol. The molecule has 0 aliphatic heterocycles. The van der Waals surface area contributed by atoms with E-state index in [1.807, 2.05) is 0 Å². The van der Waals surface area contributed by atoms with Gasteiger partial charge in [-0.1, -0.05) is 36.1 Å². The molecule has 2 aromatic carbocycles. The fraction of sp³-hybridized carbons (Fsp3) is 0.200. The highest BCUT2D eigenvalue weighted by molar-refractivity contribution is 8.00. The van der Waals surface area contributed by atoms with Gasteiger partial charge in [0.1, 0.15) is 0 Å². The van der Waals surface area contributed by atoms with E-state index in [-0.39, 0.29) is 11.1 Å². The zero-order valence-electron chi connectivity index (χ0n) is 13.6. The first-order valence-electron chi connectivity index (χ1n) is 7.48. The van der Waals surface area contributed by atoms with E-state index in [9.17, 15) is 26.3 Å². The molecule has 0 spiro atoms. The molecule has 0 fully saturated rings. The molecule has 0 bridgehead atoms. The summed E-state index contributed by atoms with van der Waals surface area (Å²) in [6, 6.07) is 8.93. The maximum atomic E-state index is 12.9. The van der Waals surface area contributed by atoms with E-state index in [1.165, 1.54) is 24.3 Å². The number of benzene rings is 2. The predicted octanol–water partition coefficient (Wildman–Crippen LogP) is 6.51. The molecule has 0 N–H and O–H groups in total. The van der Waals surface area contributed by atoms with Crippen molar-refractivity contribution >= 4 is 11.8 Å². The van der Waals surface area contributed by atoms with Gasteiger partial charge >= 0.3 is 12.4 Å². The lowest BCUT2D eigenvalue weighted by Gasteiger charge is -2.18. The first kappa shape index (κ1) is 20.8. The number of hydrogen-bond donors (Lipinski definition) is 0. The minimum atomic E-state index is -4.54. The van der Waals surface area contributed by atoms with Crippen LogP contribution in [-0.2, 0) is 12.4 Å². The van der Waals surface area contributed by atoms with Crippen molar-refractivity contribution in [3.05, 3.63) is 70.8 Å². The van der Waals surface area contributed by atoms with Crippen molar-refractivity contribution in [1.82, 2.24) is 0 Å². The zero-order valence-corrected chi connectivity index (χ0v) is 14.4. The number of halogens is 6. The third-order valence-electron chi connectivity index (χ3n) is 3.61. The second kappa shape index (κ2) is 8.02. The minimum Gasteiger partial charge on any atom is -0.166 e. The summed E-state index contributed by atoms with van der Waals surface area (Å²) < 4.78 is 77.3. The molecular formula is C20H12F6S. The fourth-order valence-electron chi connectivity index (χ4n) is 2.32. The van der Waals surface area contributed by atoms with Gasteiger partial charge in [-0.05, 0) is 35.4 Å². The summed E-state index contributed by atoms with van der Waals surface area (Å²) in [7, 11) is 0. The van der Waals surface area contributed by atoms with Crippen molar-refractivity contribution in [1.29, 1.82) is 0 Å². The Hall–Kier alpha value is -2.51. The first-order valence-corrected chi connectivity index (χ1v) is 8.42. The molecule has 0 saturated heterocycles. The second-order valence-corrected chi connectivity index (χ2v) is 6.69. The van der Waals surface area contributed by atoms with Crippen molar-refractivity contribution in [3.63, 3.8) is 0 Å². The molecule has 0 radical (unpaired) electrons. The van der Waals surface area contributed by atoms with E-state index in [2.05, 4.69) is 11.8 Å². The van der Waals surface area contributed by atoms with E-state index >= 15 is 0 Å². The summed E-state index contributed by atoms with van der Waals surface area (Å²) in [5.41, 5.74) is -1.33. The number of rotatable bonds is 4. The van der Waals surface area contributed by atoms with Gasteiger partial charge < -0.3 is 0 Å². The fourth-order valence-corrected chi connectivity index (χ4v) is 3.36. The first-order chi connectivity index (χ1) is 12.6. The van der Waals surface area contributed by atoms with Gasteiger partial charge in [-0.2, -0.15) is 26.3 Å². The van der Waals surface area contributed by atoms with Gasteiger partial charge in [0.2, 0.25) is 0 Å². The van der Waals surface area contributed by atoms with E-state index in [0.717, 1.165) is 36.0 Å². The molecule has 0 amide bonds. The van der Waals surface area contributed by atoms with Gasteiger partial charge in [-0.3, -0.25) is 0 Å². The van der Waals surface area contributed by atoms with Crippen LogP contribution in [-0.4, -0.2) is 0 Å². The van der Waals surface area contributed by atoms with Crippen LogP contribution < -0.4 is 0 Å². The summed E-state index contributed by atoms with van der Waals surface area (Å²) in [5.74, 6) is 4.71. The van der Waals surface area contributed by atoms with Crippen LogP contribution in [0.4, 0.5) is 26.3 Å². The molecule has 0 aromatic heterocycles. The highest BCUT2D eigenvalue weighted by atomic mass is 32.2. The van der Waals surface area contributed by atoms with Crippen LogP contribution in [0.3, 0.4) is 0 Å². The molecular weight excluding hydrogens is 386 g/mol. The van der Waals surface area contributed by atoms with Crippen molar-refractivity contribution < 1.29 is 26.3 Å². The summed E-state index contributed by atoms with van der Waals surface area (Å²) in [5, 5.41) is -1.72. The SMILES string of the molecule is C#CC(SC(C#C)c1cccc(C(F)(F)F)c1)c1cccc(C(F)(F)F)c1. The van der Waals surface area contributed by atoms with Crippen LogP contribution in [0.25, 0.3) is 0 Å². The molecule has 2 rings (SSSR count). The molecule has 0 heterocycles. The van der Waals surface area contributed by atoms with Crippen molar-refractivity contribution in [2.45, 2.75) is 22.9 Å². The molecule has 2 unspecified atom stereocenters. The molecule has 140 valence electrons. The standard InChI is InChI=1S/C20H12F6S/c1-3-17(13-7-5-9-15(11-13)19(21,22)23)27-18(4-2)14-8-6-10-16(12-14)20(24,25)26/h1-2,5-12,17-18H. The molecule has 0 aliphatic rings. The topological polar surface area (TPSA) is 0 Å². The zero-order chi connectivity index (χ0) is 20.2. The monoisotopic (exact) mass is 398 g/mol. The Labute approximate surface area is 157 Å². The number of thioether (sulfide) groups is 1. The average molecular weight is 398 g/mol. The largest absolute Gasteiger partial charge is 0.416 e. The van der Waals surface area contributed by atoms with E-state index in [0.29, 0.717) is 0 Å². The molecule has 0 nitrogen and oxygen atoms in total. The van der Waals surface area contributed by atoms with Gasteiger partial charge in [0.05, 0.1) is 21.6 Å². The molecule has 2 aromatic rings.